The van der Waals surface area contributed by atoms with Gasteiger partial charge < -0.3 is 29.7 Å². The van der Waals surface area contributed by atoms with Crippen molar-refractivity contribution in [3.05, 3.63) is 53.0 Å². The smallest absolute Gasteiger partial charge is 0.248 e. The SMILES string of the molecule is CC(=O)N/C=C/C(=O)N1CCN(c2c(C#N)c(OC[C@@H]3CCCN3C)nc3c2CCN(c2c(C)ccc4[nH]ncc24)C3)CC1. The van der Waals surface area contributed by atoms with E-state index in [0.717, 1.165) is 65.9 Å². The number of aryl methyl sites for hydroxylation is 1. The highest BCUT2D eigenvalue weighted by Crippen LogP contribution is 2.39. The van der Waals surface area contributed by atoms with Crippen LogP contribution in [-0.4, -0.2) is 95.8 Å². The summed E-state index contributed by atoms with van der Waals surface area (Å²) in [6.07, 6.45) is 7.57. The maximum Gasteiger partial charge on any atom is 0.248 e. The molecule has 3 aromatic rings. The molecule has 12 heteroatoms. The molecule has 0 unspecified atom stereocenters. The van der Waals surface area contributed by atoms with Gasteiger partial charge in [-0.05, 0) is 51.4 Å². The average Bonchev–Trinajstić information content (AvgIpc) is 3.67. The lowest BCUT2D eigenvalue weighted by Crippen LogP contribution is -2.49. The van der Waals surface area contributed by atoms with Gasteiger partial charge in [-0.1, -0.05) is 6.07 Å². The van der Waals surface area contributed by atoms with Gasteiger partial charge in [-0.25, -0.2) is 4.98 Å². The Morgan fingerprint density at radius 1 is 1.16 bits per heavy atom. The molecule has 6 rings (SSSR count). The summed E-state index contributed by atoms with van der Waals surface area (Å²) < 4.78 is 6.38. The zero-order chi connectivity index (χ0) is 30.8. The molecule has 12 nitrogen and oxygen atoms in total. The van der Waals surface area contributed by atoms with E-state index in [0.29, 0.717) is 56.8 Å². The molecule has 2 amide bonds. The third kappa shape index (κ3) is 5.79. The Hall–Kier alpha value is -4.63. The summed E-state index contributed by atoms with van der Waals surface area (Å²) in [6.45, 7) is 8.56. The van der Waals surface area contributed by atoms with Gasteiger partial charge in [-0.3, -0.25) is 14.7 Å². The van der Waals surface area contributed by atoms with Crippen LogP contribution >= 0.6 is 0 Å². The highest BCUT2D eigenvalue weighted by atomic mass is 16.5. The second-order valence-electron chi connectivity index (χ2n) is 11.8. The van der Waals surface area contributed by atoms with Crippen molar-refractivity contribution in [3.63, 3.8) is 0 Å². The summed E-state index contributed by atoms with van der Waals surface area (Å²) in [5.41, 5.74) is 6.65. The van der Waals surface area contributed by atoms with E-state index in [9.17, 15) is 14.9 Å². The molecule has 0 radical (unpaired) electrons. The number of anilines is 2. The van der Waals surface area contributed by atoms with Gasteiger partial charge in [0, 0.05) is 68.9 Å². The van der Waals surface area contributed by atoms with E-state index >= 15 is 0 Å². The standard InChI is InChI=1S/C32H39N9O3/c1-21-6-7-27-26(18-35-37-27)30(21)41-12-9-24-28(19-41)36-32(44-20-23-5-4-11-38(23)3)25(17-33)31(24)40-15-13-39(14-16-40)29(43)8-10-34-22(2)42/h6-8,10,18,23H,4-5,9,11-16,19-20H2,1-3H3,(H,34,42)(H,35,37)/b10-8+/t23-/m0/s1. The quantitative estimate of drug-likeness (QED) is 0.394. The molecule has 2 saturated heterocycles. The van der Waals surface area contributed by atoms with E-state index in [2.05, 4.69) is 62.4 Å². The summed E-state index contributed by atoms with van der Waals surface area (Å²) in [6, 6.07) is 6.90. The normalized spacial score (nSPS) is 19.0. The molecule has 44 heavy (non-hydrogen) atoms. The Labute approximate surface area is 257 Å². The lowest BCUT2D eigenvalue weighted by Gasteiger charge is -2.39. The number of carbonyl (C=O) groups excluding carboxylic acids is 2. The Bertz CT molecular complexity index is 1630. The summed E-state index contributed by atoms with van der Waals surface area (Å²) >= 11 is 0. The van der Waals surface area contributed by atoms with Gasteiger partial charge in [-0.15, -0.1) is 0 Å². The minimum absolute atomic E-state index is 0.153. The molecule has 0 aliphatic carbocycles. The number of rotatable bonds is 7. The van der Waals surface area contributed by atoms with Crippen LogP contribution in [0.15, 0.2) is 30.6 Å². The van der Waals surface area contributed by atoms with Crippen LogP contribution in [0, 0.1) is 18.3 Å². The fraction of sp³-hybridized carbons (Fsp3) is 0.469. The fourth-order valence-electron chi connectivity index (χ4n) is 6.66. The van der Waals surface area contributed by atoms with Gasteiger partial charge in [0.05, 0.1) is 35.3 Å². The highest BCUT2D eigenvalue weighted by Gasteiger charge is 2.32. The van der Waals surface area contributed by atoms with E-state index in [4.69, 9.17) is 9.72 Å². The number of benzene rings is 1. The van der Waals surface area contributed by atoms with Crippen molar-refractivity contribution in [2.24, 2.45) is 0 Å². The number of nitriles is 1. The van der Waals surface area contributed by atoms with E-state index in [1.165, 1.54) is 24.8 Å². The van der Waals surface area contributed by atoms with Gasteiger partial charge in [0.1, 0.15) is 18.2 Å². The zero-order valence-corrected chi connectivity index (χ0v) is 25.6. The zero-order valence-electron chi connectivity index (χ0n) is 25.6. The maximum absolute atomic E-state index is 12.7. The van der Waals surface area contributed by atoms with Gasteiger partial charge in [0.25, 0.3) is 0 Å². The van der Waals surface area contributed by atoms with Gasteiger partial charge in [0.15, 0.2) is 0 Å². The first-order valence-electron chi connectivity index (χ1n) is 15.3. The van der Waals surface area contributed by atoms with E-state index in [1.54, 1.807) is 4.90 Å². The predicted molar refractivity (Wildman–Crippen MR) is 167 cm³/mol. The number of pyridine rings is 1. The number of amides is 2. The Kier molecular flexibility index (Phi) is 8.39. The van der Waals surface area contributed by atoms with Crippen molar-refractivity contribution in [3.8, 4) is 11.9 Å². The molecule has 1 aromatic carbocycles. The molecule has 0 saturated carbocycles. The number of piperazine rings is 1. The molecule has 1 atom stereocenters. The van der Waals surface area contributed by atoms with Crippen molar-refractivity contribution in [2.75, 3.05) is 62.7 Å². The van der Waals surface area contributed by atoms with E-state index < -0.39 is 0 Å². The van der Waals surface area contributed by atoms with Crippen LogP contribution in [0.25, 0.3) is 10.9 Å². The lowest BCUT2D eigenvalue weighted by atomic mass is 9.97. The number of aromatic amines is 1. The van der Waals surface area contributed by atoms with Crippen LogP contribution < -0.4 is 19.9 Å². The summed E-state index contributed by atoms with van der Waals surface area (Å²) in [4.78, 5) is 37.5. The first-order valence-corrected chi connectivity index (χ1v) is 15.3. The van der Waals surface area contributed by atoms with E-state index in [-0.39, 0.29) is 11.8 Å². The summed E-state index contributed by atoms with van der Waals surface area (Å²) in [7, 11) is 2.11. The molecule has 2 aromatic heterocycles. The van der Waals surface area contributed by atoms with Crippen LogP contribution in [0.5, 0.6) is 5.88 Å². The summed E-state index contributed by atoms with van der Waals surface area (Å²) in [5.74, 6) is 0.0105. The van der Waals surface area contributed by atoms with Crippen molar-refractivity contribution >= 4 is 34.1 Å². The van der Waals surface area contributed by atoms with Crippen LogP contribution in [0.4, 0.5) is 11.4 Å². The number of fused-ring (bicyclic) bond motifs is 2. The van der Waals surface area contributed by atoms with Crippen molar-refractivity contribution in [1.29, 1.82) is 5.26 Å². The molecule has 3 aliphatic heterocycles. The van der Waals surface area contributed by atoms with Crippen LogP contribution in [0.1, 0.15) is 42.1 Å². The summed E-state index contributed by atoms with van der Waals surface area (Å²) in [5, 5.41) is 21.5. The second-order valence-corrected chi connectivity index (χ2v) is 11.8. The van der Waals surface area contributed by atoms with Crippen molar-refractivity contribution < 1.29 is 14.3 Å². The number of H-pyrrole nitrogens is 1. The third-order valence-electron chi connectivity index (χ3n) is 9.02. The van der Waals surface area contributed by atoms with Crippen LogP contribution in [0.2, 0.25) is 0 Å². The largest absolute Gasteiger partial charge is 0.475 e. The van der Waals surface area contributed by atoms with Gasteiger partial charge in [0.2, 0.25) is 17.7 Å². The maximum atomic E-state index is 12.7. The Balaban J connectivity index is 1.31. The number of nitrogens with one attached hydrogen (secondary N) is 2. The third-order valence-corrected chi connectivity index (χ3v) is 9.02. The molecule has 2 fully saturated rings. The fourth-order valence-corrected chi connectivity index (χ4v) is 6.66. The number of likely N-dealkylation sites (tertiary alicyclic amines) is 1. The average molecular weight is 598 g/mol. The Morgan fingerprint density at radius 2 is 1.98 bits per heavy atom. The predicted octanol–water partition coefficient (Wildman–Crippen LogP) is 2.47. The topological polar surface area (TPSA) is 134 Å². The van der Waals surface area contributed by atoms with Gasteiger partial charge in [-0.2, -0.15) is 10.4 Å². The molecule has 3 aliphatic rings. The number of hydrogen-bond acceptors (Lipinski definition) is 9. The number of carbonyl (C=O) groups is 2. The number of nitrogens with zero attached hydrogens (tertiary/aromatic N) is 7. The molecule has 0 spiro atoms. The number of aromatic nitrogens is 3. The molecular weight excluding hydrogens is 558 g/mol. The number of hydrogen-bond donors (Lipinski definition) is 2. The lowest BCUT2D eigenvalue weighted by molar-refractivity contribution is -0.126. The van der Waals surface area contributed by atoms with Gasteiger partial charge >= 0.3 is 0 Å². The molecular formula is C32H39N9O3. The second kappa shape index (κ2) is 12.5. The number of ether oxygens (including phenoxy) is 1. The first kappa shape index (κ1) is 29.4. The molecule has 5 heterocycles. The highest BCUT2D eigenvalue weighted by molar-refractivity contribution is 5.93. The monoisotopic (exact) mass is 597 g/mol. The minimum atomic E-state index is -0.224. The van der Waals surface area contributed by atoms with Crippen LogP contribution in [0.3, 0.4) is 0 Å². The molecule has 0 bridgehead atoms. The minimum Gasteiger partial charge on any atom is -0.475 e. The van der Waals surface area contributed by atoms with Crippen molar-refractivity contribution in [2.45, 2.75) is 45.7 Å². The van der Waals surface area contributed by atoms with Crippen LogP contribution in [-0.2, 0) is 22.6 Å². The first-order chi connectivity index (χ1) is 21.3. The van der Waals surface area contributed by atoms with Crippen molar-refractivity contribution in [1.82, 2.24) is 30.3 Å². The Morgan fingerprint density at radius 3 is 2.70 bits per heavy atom. The molecule has 230 valence electrons. The van der Waals surface area contributed by atoms with E-state index in [1.807, 2.05) is 6.20 Å². The number of likely N-dealkylation sites (N-methyl/N-ethyl adjacent to an activating group) is 1. The molecule has 2 N–H and O–H groups in total.